The minimum absolute atomic E-state index is 1.15. The summed E-state index contributed by atoms with van der Waals surface area (Å²) in [6.07, 6.45) is 0. The van der Waals surface area contributed by atoms with Crippen LogP contribution in [0.1, 0.15) is 0 Å². The van der Waals surface area contributed by atoms with Crippen LogP contribution in [0.2, 0.25) is 0 Å². The quantitative estimate of drug-likeness (QED) is 0.199. The van der Waals surface area contributed by atoms with Gasteiger partial charge >= 0.3 is 0 Å². The predicted molar refractivity (Wildman–Crippen MR) is 190 cm³/mol. The average molecular weight is 584 g/mol. The summed E-state index contributed by atoms with van der Waals surface area (Å²) in [5.41, 5.74) is 5.90. The van der Waals surface area contributed by atoms with Crippen molar-refractivity contribution >= 4 is 90.9 Å². The first kappa shape index (κ1) is 24.6. The zero-order valence-corrected chi connectivity index (χ0v) is 24.8. The van der Waals surface area contributed by atoms with Crippen LogP contribution in [0.5, 0.6) is 0 Å². The van der Waals surface area contributed by atoms with Crippen molar-refractivity contribution in [3.63, 3.8) is 0 Å². The third-order valence-corrected chi connectivity index (χ3v) is 10.7. The van der Waals surface area contributed by atoms with Crippen LogP contribution in [0.3, 0.4) is 0 Å². The Morgan fingerprint density at radius 3 is 1.84 bits per heavy atom. The van der Waals surface area contributed by atoms with Crippen LogP contribution in [-0.4, -0.2) is 0 Å². The highest BCUT2D eigenvalue weighted by molar-refractivity contribution is 7.26. The molecule has 9 aromatic rings. The largest absolute Gasteiger partial charge is 0.310 e. The molecule has 9 rings (SSSR count). The Morgan fingerprint density at radius 2 is 0.977 bits per heavy atom. The average Bonchev–Trinajstić information content (AvgIpc) is 3.63. The molecule has 0 saturated carbocycles. The second-order valence-electron chi connectivity index (χ2n) is 11.0. The highest BCUT2D eigenvalue weighted by Crippen LogP contribution is 2.44. The second-order valence-corrected chi connectivity index (χ2v) is 13.1. The fourth-order valence-corrected chi connectivity index (χ4v) is 8.72. The summed E-state index contributed by atoms with van der Waals surface area (Å²) in [7, 11) is 0. The van der Waals surface area contributed by atoms with E-state index < -0.39 is 0 Å². The van der Waals surface area contributed by atoms with Crippen molar-refractivity contribution in [2.45, 2.75) is 0 Å². The van der Waals surface area contributed by atoms with Crippen molar-refractivity contribution in [3.8, 4) is 11.1 Å². The standard InChI is InChI=1S/C40H25NS2/c1-2-9-26(10-3-1)28-12-8-13-29(23-28)41(30-18-20-34-33-15-6-7-16-36(33)42-38(34)24-30)31-19-21-35-39(25-31)43-37-22-17-27-11-4-5-14-32(27)40(35)37/h1-25H. The molecule has 0 saturated heterocycles. The van der Waals surface area contributed by atoms with E-state index in [0.717, 1.165) is 17.1 Å². The number of hydrogen-bond acceptors (Lipinski definition) is 3. The van der Waals surface area contributed by atoms with E-state index in [0.29, 0.717) is 0 Å². The zero-order chi connectivity index (χ0) is 28.3. The van der Waals surface area contributed by atoms with Crippen LogP contribution in [0.25, 0.3) is 62.2 Å². The number of thiophene rings is 2. The van der Waals surface area contributed by atoms with Crippen molar-refractivity contribution in [1.29, 1.82) is 0 Å². The lowest BCUT2D eigenvalue weighted by atomic mass is 10.0. The fraction of sp³-hybridized carbons (Fsp3) is 0. The van der Waals surface area contributed by atoms with Crippen molar-refractivity contribution in [3.05, 3.63) is 152 Å². The Bertz CT molecular complexity index is 2470. The number of rotatable bonds is 4. The first-order valence-corrected chi connectivity index (χ1v) is 16.1. The van der Waals surface area contributed by atoms with Crippen molar-refractivity contribution in [2.24, 2.45) is 0 Å². The molecule has 0 aliphatic rings. The maximum absolute atomic E-state index is 2.41. The van der Waals surface area contributed by atoms with Gasteiger partial charge in [-0.05, 0) is 70.4 Å². The zero-order valence-electron chi connectivity index (χ0n) is 23.2. The molecule has 0 spiro atoms. The second kappa shape index (κ2) is 9.81. The number of anilines is 3. The van der Waals surface area contributed by atoms with Crippen LogP contribution in [-0.2, 0) is 0 Å². The summed E-state index contributed by atoms with van der Waals surface area (Å²) in [6.45, 7) is 0. The van der Waals surface area contributed by atoms with Crippen molar-refractivity contribution in [2.75, 3.05) is 4.90 Å². The van der Waals surface area contributed by atoms with Gasteiger partial charge in [-0.1, -0.05) is 103 Å². The summed E-state index contributed by atoms with van der Waals surface area (Å²) in [5.74, 6) is 0. The van der Waals surface area contributed by atoms with Crippen LogP contribution < -0.4 is 4.90 Å². The van der Waals surface area contributed by atoms with E-state index in [1.807, 2.05) is 22.7 Å². The summed E-state index contributed by atoms with van der Waals surface area (Å²) in [6, 6.07) is 55.4. The normalized spacial score (nSPS) is 11.7. The van der Waals surface area contributed by atoms with Crippen LogP contribution >= 0.6 is 22.7 Å². The lowest BCUT2D eigenvalue weighted by Crippen LogP contribution is -2.09. The molecular weight excluding hydrogens is 559 g/mol. The Morgan fingerprint density at radius 1 is 0.349 bits per heavy atom. The number of benzene rings is 7. The molecule has 2 aromatic heterocycles. The maximum atomic E-state index is 2.41. The Labute approximate surface area is 257 Å². The fourth-order valence-electron chi connectivity index (χ4n) is 6.43. The van der Waals surface area contributed by atoms with Crippen LogP contribution in [0.15, 0.2) is 152 Å². The first-order valence-electron chi connectivity index (χ1n) is 14.5. The van der Waals surface area contributed by atoms with E-state index in [4.69, 9.17) is 0 Å². The minimum atomic E-state index is 1.15. The van der Waals surface area contributed by atoms with Gasteiger partial charge in [0.2, 0.25) is 0 Å². The predicted octanol–water partition coefficient (Wildman–Crippen LogP) is 12.7. The molecule has 0 N–H and O–H groups in total. The summed E-state index contributed by atoms with van der Waals surface area (Å²) < 4.78 is 5.26. The highest BCUT2D eigenvalue weighted by Gasteiger charge is 2.17. The van der Waals surface area contributed by atoms with Gasteiger partial charge in [0.15, 0.2) is 0 Å². The number of nitrogens with zero attached hydrogens (tertiary/aromatic N) is 1. The number of hydrogen-bond donors (Lipinski definition) is 0. The third kappa shape index (κ3) is 4.04. The van der Waals surface area contributed by atoms with Gasteiger partial charge in [0.1, 0.15) is 0 Å². The minimum Gasteiger partial charge on any atom is -0.310 e. The van der Waals surface area contributed by atoms with Gasteiger partial charge in [-0.3, -0.25) is 0 Å². The molecule has 0 amide bonds. The van der Waals surface area contributed by atoms with Gasteiger partial charge in [-0.15, -0.1) is 22.7 Å². The molecular formula is C40H25NS2. The SMILES string of the molecule is c1ccc(-c2cccc(N(c3ccc4c(c3)sc3ccccc34)c3ccc4c(c3)sc3ccc5ccccc5c34)c2)cc1. The Hall–Kier alpha value is -4.96. The summed E-state index contributed by atoms with van der Waals surface area (Å²) >= 11 is 3.75. The highest BCUT2D eigenvalue weighted by atomic mass is 32.1. The lowest BCUT2D eigenvalue weighted by molar-refractivity contribution is 1.30. The van der Waals surface area contributed by atoms with E-state index >= 15 is 0 Å². The van der Waals surface area contributed by atoms with E-state index in [2.05, 4.69) is 157 Å². The molecule has 202 valence electrons. The molecule has 43 heavy (non-hydrogen) atoms. The van der Waals surface area contributed by atoms with Gasteiger partial charge in [0.05, 0.1) is 0 Å². The molecule has 0 fully saturated rings. The van der Waals surface area contributed by atoms with Crippen molar-refractivity contribution in [1.82, 2.24) is 0 Å². The smallest absolute Gasteiger partial charge is 0.0476 e. The lowest BCUT2D eigenvalue weighted by Gasteiger charge is -2.26. The van der Waals surface area contributed by atoms with Crippen LogP contribution in [0.4, 0.5) is 17.1 Å². The molecule has 0 aliphatic heterocycles. The van der Waals surface area contributed by atoms with Gasteiger partial charge < -0.3 is 4.90 Å². The topological polar surface area (TPSA) is 3.24 Å². The molecule has 0 radical (unpaired) electrons. The van der Waals surface area contributed by atoms with Crippen molar-refractivity contribution < 1.29 is 0 Å². The van der Waals surface area contributed by atoms with E-state index in [1.165, 1.54) is 62.2 Å². The van der Waals surface area contributed by atoms with Gasteiger partial charge in [0, 0.05) is 57.4 Å². The van der Waals surface area contributed by atoms with Gasteiger partial charge in [-0.2, -0.15) is 0 Å². The van der Waals surface area contributed by atoms with E-state index in [1.54, 1.807) is 0 Å². The van der Waals surface area contributed by atoms with Gasteiger partial charge in [0.25, 0.3) is 0 Å². The number of fused-ring (bicyclic) bond motifs is 8. The first-order chi connectivity index (χ1) is 21.3. The van der Waals surface area contributed by atoms with E-state index in [-0.39, 0.29) is 0 Å². The third-order valence-electron chi connectivity index (χ3n) is 8.44. The van der Waals surface area contributed by atoms with Gasteiger partial charge in [-0.25, -0.2) is 0 Å². The Kier molecular flexibility index (Phi) is 5.62. The maximum Gasteiger partial charge on any atom is 0.0476 e. The molecule has 2 heterocycles. The molecule has 0 aliphatic carbocycles. The summed E-state index contributed by atoms with van der Waals surface area (Å²) in [4.78, 5) is 2.41. The molecule has 3 heteroatoms. The van der Waals surface area contributed by atoms with Crippen LogP contribution in [0, 0.1) is 0 Å². The molecule has 1 nitrogen and oxygen atoms in total. The molecule has 0 atom stereocenters. The van der Waals surface area contributed by atoms with E-state index in [9.17, 15) is 0 Å². The molecule has 7 aromatic carbocycles. The Balaban J connectivity index is 1.27. The molecule has 0 unspecified atom stereocenters. The summed E-state index contributed by atoms with van der Waals surface area (Å²) in [5, 5.41) is 7.92. The molecule has 0 bridgehead atoms. The monoisotopic (exact) mass is 583 g/mol.